The number of benzene rings is 1. The number of ether oxygens (including phenoxy) is 2. The molecule has 30 heavy (non-hydrogen) atoms. The predicted octanol–water partition coefficient (Wildman–Crippen LogP) is 4.99. The first kappa shape index (κ1) is 19.2. The summed E-state index contributed by atoms with van der Waals surface area (Å²) in [6.07, 6.45) is 8.35. The van der Waals surface area contributed by atoms with E-state index in [9.17, 15) is 9.18 Å². The number of hydrogen-bond donors (Lipinski definition) is 0. The molecule has 7 rings (SSSR count). The van der Waals surface area contributed by atoms with Crippen molar-refractivity contribution < 1.29 is 28.4 Å². The summed E-state index contributed by atoms with van der Waals surface area (Å²) in [5, 5.41) is 0. The Morgan fingerprint density at radius 1 is 0.933 bits per heavy atom. The van der Waals surface area contributed by atoms with E-state index in [4.69, 9.17) is 19.2 Å². The predicted molar refractivity (Wildman–Crippen MR) is 104 cm³/mol. The van der Waals surface area contributed by atoms with E-state index in [-0.39, 0.29) is 11.8 Å². The highest BCUT2D eigenvalue weighted by atomic mass is 19.1. The molecule has 0 unspecified atom stereocenters. The third-order valence-electron chi connectivity index (χ3n) is 8.47. The zero-order valence-electron chi connectivity index (χ0n) is 17.4. The molecule has 2 spiro atoms. The van der Waals surface area contributed by atoms with Crippen molar-refractivity contribution in [3.8, 4) is 0 Å². The van der Waals surface area contributed by atoms with Crippen LogP contribution in [-0.2, 0) is 29.6 Å². The minimum Gasteiger partial charge on any atom is -0.454 e. The van der Waals surface area contributed by atoms with Gasteiger partial charge in [0.1, 0.15) is 11.4 Å². The lowest BCUT2D eigenvalue weighted by Crippen LogP contribution is -2.59. The largest absolute Gasteiger partial charge is 0.454 e. The Bertz CT molecular complexity index is 814. The van der Waals surface area contributed by atoms with E-state index < -0.39 is 17.2 Å². The minimum absolute atomic E-state index is 0.302. The molecule has 6 aliphatic rings. The van der Waals surface area contributed by atoms with Crippen LogP contribution in [0.5, 0.6) is 0 Å². The summed E-state index contributed by atoms with van der Waals surface area (Å²) in [5.74, 6) is 0.479. The molecule has 0 radical (unpaired) electrons. The van der Waals surface area contributed by atoms with E-state index >= 15 is 0 Å². The highest BCUT2D eigenvalue weighted by Crippen LogP contribution is 2.64. The summed E-state index contributed by atoms with van der Waals surface area (Å²) >= 11 is 0. The van der Waals surface area contributed by atoms with Gasteiger partial charge >= 0.3 is 5.97 Å². The maximum Gasteiger partial charge on any atom is 0.303 e. The highest BCUT2D eigenvalue weighted by molar-refractivity contribution is 5.67. The second-order valence-corrected chi connectivity index (χ2v) is 10.3. The van der Waals surface area contributed by atoms with E-state index in [2.05, 4.69) is 0 Å². The normalized spacial score (nSPS) is 46.6. The van der Waals surface area contributed by atoms with Gasteiger partial charge in [0.05, 0.1) is 0 Å². The fourth-order valence-corrected chi connectivity index (χ4v) is 7.31. The van der Waals surface area contributed by atoms with Crippen molar-refractivity contribution in [3.05, 3.63) is 35.6 Å². The highest BCUT2D eigenvalue weighted by Gasteiger charge is 2.67. The number of carbonyl (C=O) groups is 1. The fraction of sp³-hybridized carbons (Fsp3) is 0.708. The first-order valence-corrected chi connectivity index (χ1v) is 11.4. The molecular weight excluding hydrogens is 387 g/mol. The van der Waals surface area contributed by atoms with Crippen molar-refractivity contribution in [2.24, 2.45) is 23.7 Å². The van der Waals surface area contributed by atoms with Gasteiger partial charge in [-0.3, -0.25) is 4.79 Å². The Hall–Kier alpha value is -1.50. The van der Waals surface area contributed by atoms with Gasteiger partial charge in [-0.25, -0.2) is 4.39 Å². The number of hydrogen-bond acceptors (Lipinski definition) is 5. The molecule has 5 nitrogen and oxygen atoms in total. The van der Waals surface area contributed by atoms with Crippen LogP contribution in [0.15, 0.2) is 24.3 Å². The average Bonchev–Trinajstić information content (AvgIpc) is 3.09. The van der Waals surface area contributed by atoms with Crippen LogP contribution in [0.3, 0.4) is 0 Å². The molecule has 5 saturated carbocycles. The molecule has 0 atom stereocenters. The minimum atomic E-state index is -0.780. The molecule has 162 valence electrons. The quantitative estimate of drug-likeness (QED) is 0.502. The molecular formula is C24H29FO5. The molecule has 1 aromatic carbocycles. The van der Waals surface area contributed by atoms with E-state index in [1.54, 1.807) is 12.1 Å². The van der Waals surface area contributed by atoms with Crippen LogP contribution in [0, 0.1) is 29.5 Å². The molecule has 0 amide bonds. The third kappa shape index (κ3) is 2.80. The molecule has 1 aliphatic heterocycles. The number of halogens is 1. The monoisotopic (exact) mass is 416 g/mol. The molecule has 4 bridgehead atoms. The maximum atomic E-state index is 13.5. The van der Waals surface area contributed by atoms with Crippen LogP contribution in [0.2, 0.25) is 0 Å². The van der Waals surface area contributed by atoms with Gasteiger partial charge in [-0.15, -0.1) is 0 Å². The molecule has 1 saturated heterocycles. The Balaban J connectivity index is 1.23. The molecule has 5 aliphatic carbocycles. The summed E-state index contributed by atoms with van der Waals surface area (Å²) in [4.78, 5) is 24.0. The molecule has 0 aromatic heterocycles. The number of esters is 1. The zero-order valence-corrected chi connectivity index (χ0v) is 17.4. The summed E-state index contributed by atoms with van der Waals surface area (Å²) in [7, 11) is 0. The van der Waals surface area contributed by atoms with Gasteiger partial charge < -0.3 is 9.47 Å². The van der Waals surface area contributed by atoms with Crippen molar-refractivity contribution in [1.29, 1.82) is 0 Å². The van der Waals surface area contributed by atoms with Gasteiger partial charge in [0, 0.05) is 31.6 Å². The average molecular weight is 416 g/mol. The molecule has 1 heterocycles. The summed E-state index contributed by atoms with van der Waals surface area (Å²) < 4.78 is 26.1. The van der Waals surface area contributed by atoms with Crippen molar-refractivity contribution in [3.63, 3.8) is 0 Å². The first-order valence-electron chi connectivity index (χ1n) is 11.4. The Kier molecular flexibility index (Phi) is 4.16. The van der Waals surface area contributed by atoms with Gasteiger partial charge in [0.2, 0.25) is 11.6 Å². The molecule has 0 N–H and O–H groups in total. The Labute approximate surface area is 176 Å². The van der Waals surface area contributed by atoms with E-state index in [1.807, 2.05) is 0 Å². The zero-order chi connectivity index (χ0) is 20.6. The van der Waals surface area contributed by atoms with Gasteiger partial charge in [0.15, 0.2) is 0 Å². The van der Waals surface area contributed by atoms with E-state index in [1.165, 1.54) is 51.2 Å². The van der Waals surface area contributed by atoms with Crippen LogP contribution in [0.4, 0.5) is 4.39 Å². The second-order valence-electron chi connectivity index (χ2n) is 10.3. The third-order valence-corrected chi connectivity index (χ3v) is 8.47. The summed E-state index contributed by atoms with van der Waals surface area (Å²) in [6.45, 7) is 1.42. The number of carbonyl (C=O) groups excluding carboxylic acids is 1. The first-order chi connectivity index (χ1) is 14.4. The van der Waals surface area contributed by atoms with Crippen LogP contribution in [0.25, 0.3) is 0 Å². The lowest BCUT2D eigenvalue weighted by atomic mass is 9.53. The standard InChI is InChI=1S/C24H29FO5/c1-15(26)27-22(18-2-4-21(25)5-3-18)6-8-23(9-7-22)28-24(30-29-23)19-11-16-10-17(13-19)14-20(24)12-16/h2-5,16-17,19-20H,6-14H2,1H3. The molecule has 6 heteroatoms. The van der Waals surface area contributed by atoms with Gasteiger partial charge in [-0.1, -0.05) is 12.1 Å². The molecule has 1 aromatic rings. The second kappa shape index (κ2) is 6.50. The SMILES string of the molecule is CC(=O)OC1(c2ccc(F)cc2)CCC2(CC1)OOC1(O2)C2CC3CC(C2)CC1C3. The van der Waals surface area contributed by atoms with Gasteiger partial charge in [-0.05, 0) is 74.5 Å². The van der Waals surface area contributed by atoms with Gasteiger partial charge in [0.25, 0.3) is 0 Å². The van der Waals surface area contributed by atoms with Gasteiger partial charge in [-0.2, -0.15) is 9.78 Å². The van der Waals surface area contributed by atoms with E-state index in [0.717, 1.165) is 17.4 Å². The van der Waals surface area contributed by atoms with Crippen LogP contribution >= 0.6 is 0 Å². The number of rotatable bonds is 2. The molecule has 6 fully saturated rings. The van der Waals surface area contributed by atoms with Crippen molar-refractivity contribution in [2.75, 3.05) is 0 Å². The summed E-state index contributed by atoms with van der Waals surface area (Å²) in [5.41, 5.74) is 0.0364. The topological polar surface area (TPSA) is 54.0 Å². The Morgan fingerprint density at radius 3 is 2.10 bits per heavy atom. The lowest BCUT2D eigenvalue weighted by Gasteiger charge is -2.57. The smallest absolute Gasteiger partial charge is 0.303 e. The lowest BCUT2D eigenvalue weighted by molar-refractivity contribution is -0.391. The summed E-state index contributed by atoms with van der Waals surface area (Å²) in [6, 6.07) is 6.26. The van der Waals surface area contributed by atoms with Crippen LogP contribution in [-0.4, -0.2) is 17.5 Å². The van der Waals surface area contributed by atoms with Crippen LogP contribution < -0.4 is 0 Å². The van der Waals surface area contributed by atoms with E-state index in [0.29, 0.717) is 37.5 Å². The maximum absolute atomic E-state index is 13.5. The van der Waals surface area contributed by atoms with Crippen molar-refractivity contribution in [1.82, 2.24) is 0 Å². The van der Waals surface area contributed by atoms with Crippen LogP contribution in [0.1, 0.15) is 70.3 Å². The van der Waals surface area contributed by atoms with Crippen molar-refractivity contribution >= 4 is 5.97 Å². The fourth-order valence-electron chi connectivity index (χ4n) is 7.31. The Morgan fingerprint density at radius 2 is 1.53 bits per heavy atom. The van der Waals surface area contributed by atoms with Crippen molar-refractivity contribution in [2.45, 2.75) is 81.9 Å².